The summed E-state index contributed by atoms with van der Waals surface area (Å²) in [7, 11) is 2.04. The maximum absolute atomic E-state index is 12.3. The van der Waals surface area contributed by atoms with Crippen molar-refractivity contribution in [2.45, 2.75) is 64.5 Å². The summed E-state index contributed by atoms with van der Waals surface area (Å²) < 4.78 is 26.5. The zero-order valence-electron chi connectivity index (χ0n) is 17.5. The maximum atomic E-state index is 12.3. The Morgan fingerprint density at radius 2 is 1.44 bits per heavy atom. The second kappa shape index (κ2) is 16.0. The third kappa shape index (κ3) is 11.4. The quantitative estimate of drug-likeness (QED) is 0.223. The molecule has 0 radical (unpaired) electrons. The summed E-state index contributed by atoms with van der Waals surface area (Å²) in [6, 6.07) is -0.123. The highest BCUT2D eigenvalue weighted by atomic mass is 28.4. The van der Waals surface area contributed by atoms with Gasteiger partial charge in [-0.05, 0) is 25.8 Å². The summed E-state index contributed by atoms with van der Waals surface area (Å²) in [5.41, 5.74) is 0. The first-order chi connectivity index (χ1) is 13.0. The van der Waals surface area contributed by atoms with Gasteiger partial charge in [0.15, 0.2) is 0 Å². The smallest absolute Gasteiger partial charge is 0.466 e. The molecule has 27 heavy (non-hydrogen) atoms. The molecule has 0 bridgehead atoms. The zero-order valence-corrected chi connectivity index (χ0v) is 18.5. The summed E-state index contributed by atoms with van der Waals surface area (Å²) in [6.45, 7) is 5.27. The van der Waals surface area contributed by atoms with Crippen molar-refractivity contribution in [2.24, 2.45) is 0 Å². The number of hydrogen-bond acceptors (Lipinski definition) is 8. The van der Waals surface area contributed by atoms with Crippen molar-refractivity contribution in [3.63, 3.8) is 0 Å². The van der Waals surface area contributed by atoms with Crippen LogP contribution in [0.4, 0.5) is 0 Å². The number of esters is 2. The van der Waals surface area contributed by atoms with Gasteiger partial charge in [0.2, 0.25) is 0 Å². The highest BCUT2D eigenvalue weighted by Crippen LogP contribution is 2.14. The number of unbranched alkanes of at least 4 members (excludes halogenated alkanes) is 2. The van der Waals surface area contributed by atoms with Gasteiger partial charge in [-0.2, -0.15) is 0 Å². The summed E-state index contributed by atoms with van der Waals surface area (Å²) in [5.74, 6) is -0.826. The van der Waals surface area contributed by atoms with E-state index < -0.39 is 26.8 Å². The first-order valence-corrected chi connectivity index (χ1v) is 11.6. The molecule has 0 spiro atoms. The molecule has 1 N–H and O–H groups in total. The van der Waals surface area contributed by atoms with Gasteiger partial charge in [0.05, 0.1) is 19.6 Å². The second-order valence-corrected chi connectivity index (χ2v) is 9.30. The lowest BCUT2D eigenvalue weighted by Crippen LogP contribution is -2.44. The SMILES string of the molecule is CCCCOC(=O)CC(NCCC[Si](OC)(OC)OC)C(=O)OCCCC. The van der Waals surface area contributed by atoms with Crippen molar-refractivity contribution in [2.75, 3.05) is 41.1 Å². The molecule has 1 atom stereocenters. The number of ether oxygens (including phenoxy) is 2. The van der Waals surface area contributed by atoms with Gasteiger partial charge in [-0.1, -0.05) is 26.7 Å². The van der Waals surface area contributed by atoms with E-state index in [1.54, 1.807) is 21.3 Å². The van der Waals surface area contributed by atoms with Crippen molar-refractivity contribution in [3.05, 3.63) is 0 Å². The fraction of sp³-hybridized carbons (Fsp3) is 0.889. The summed E-state index contributed by atoms with van der Waals surface area (Å²) >= 11 is 0. The van der Waals surface area contributed by atoms with Crippen LogP contribution in [0, 0.1) is 0 Å². The fourth-order valence-corrected chi connectivity index (χ4v) is 4.07. The van der Waals surface area contributed by atoms with Crippen molar-refractivity contribution in [1.82, 2.24) is 5.32 Å². The van der Waals surface area contributed by atoms with Crippen molar-refractivity contribution in [1.29, 1.82) is 0 Å². The lowest BCUT2D eigenvalue weighted by Gasteiger charge is -2.24. The molecule has 9 heteroatoms. The monoisotopic (exact) mass is 407 g/mol. The number of rotatable bonds is 17. The Bertz CT molecular complexity index is 397. The summed E-state index contributed by atoms with van der Waals surface area (Å²) in [4.78, 5) is 24.3. The first-order valence-electron chi connectivity index (χ1n) is 9.69. The number of hydrogen-bond donors (Lipinski definition) is 1. The largest absolute Gasteiger partial charge is 0.500 e. The van der Waals surface area contributed by atoms with Gasteiger partial charge < -0.3 is 28.1 Å². The van der Waals surface area contributed by atoms with Crippen LogP contribution in [0.25, 0.3) is 0 Å². The Hall–Kier alpha value is -1.00. The minimum absolute atomic E-state index is 0.0456. The van der Waals surface area contributed by atoms with Crippen molar-refractivity contribution in [3.8, 4) is 0 Å². The van der Waals surface area contributed by atoms with Gasteiger partial charge >= 0.3 is 20.7 Å². The van der Waals surface area contributed by atoms with Crippen LogP contribution >= 0.6 is 0 Å². The lowest BCUT2D eigenvalue weighted by molar-refractivity contribution is -0.153. The van der Waals surface area contributed by atoms with Gasteiger partial charge in [0, 0.05) is 27.4 Å². The van der Waals surface area contributed by atoms with Crippen LogP contribution in [-0.4, -0.2) is 67.9 Å². The molecule has 0 aromatic rings. The van der Waals surface area contributed by atoms with Crippen LogP contribution in [-0.2, 0) is 32.3 Å². The molecule has 0 amide bonds. The molecule has 0 rings (SSSR count). The van der Waals surface area contributed by atoms with E-state index in [9.17, 15) is 9.59 Å². The van der Waals surface area contributed by atoms with E-state index in [-0.39, 0.29) is 6.42 Å². The summed E-state index contributed by atoms with van der Waals surface area (Å²) in [5, 5.41) is 3.09. The molecule has 0 aliphatic rings. The van der Waals surface area contributed by atoms with Crippen LogP contribution in [0.3, 0.4) is 0 Å². The first kappa shape index (κ1) is 26.0. The molecule has 160 valence electrons. The van der Waals surface area contributed by atoms with E-state index in [0.29, 0.717) is 32.2 Å². The van der Waals surface area contributed by atoms with E-state index in [0.717, 1.165) is 25.7 Å². The molecule has 0 aliphatic carbocycles. The normalized spacial score (nSPS) is 12.6. The third-order valence-corrected chi connectivity index (χ3v) is 6.97. The topological polar surface area (TPSA) is 92.3 Å². The van der Waals surface area contributed by atoms with Crippen LogP contribution in [0.2, 0.25) is 6.04 Å². The minimum atomic E-state index is -2.64. The standard InChI is InChI=1S/C18H37NO7Si/c1-6-8-12-25-17(20)15-16(18(21)26-13-9-7-2)19-11-10-14-27(22-3,23-4)24-5/h16,19H,6-15H2,1-5H3. The lowest BCUT2D eigenvalue weighted by atomic mass is 10.2. The molecule has 1 unspecified atom stereocenters. The Morgan fingerprint density at radius 3 is 1.96 bits per heavy atom. The van der Waals surface area contributed by atoms with Crippen molar-refractivity contribution >= 4 is 20.7 Å². The molecule has 0 heterocycles. The molecular weight excluding hydrogens is 370 g/mol. The molecule has 0 aromatic heterocycles. The molecule has 0 saturated carbocycles. The maximum Gasteiger partial charge on any atom is 0.500 e. The molecular formula is C18H37NO7Si. The van der Waals surface area contributed by atoms with Gasteiger partial charge in [0.25, 0.3) is 0 Å². The Kier molecular flexibility index (Phi) is 15.4. The Balaban J connectivity index is 4.55. The highest BCUT2D eigenvalue weighted by molar-refractivity contribution is 6.60. The fourth-order valence-electron chi connectivity index (χ4n) is 2.35. The van der Waals surface area contributed by atoms with E-state index >= 15 is 0 Å². The predicted molar refractivity (Wildman–Crippen MR) is 104 cm³/mol. The van der Waals surface area contributed by atoms with Crippen molar-refractivity contribution < 1.29 is 32.3 Å². The van der Waals surface area contributed by atoms with Gasteiger partial charge in [-0.15, -0.1) is 0 Å². The molecule has 0 saturated heterocycles. The van der Waals surface area contributed by atoms with Crippen LogP contribution in [0.15, 0.2) is 0 Å². The zero-order chi connectivity index (χ0) is 20.5. The molecule has 0 fully saturated rings. The second-order valence-electron chi connectivity index (χ2n) is 6.20. The van der Waals surface area contributed by atoms with E-state index in [1.165, 1.54) is 0 Å². The van der Waals surface area contributed by atoms with E-state index in [2.05, 4.69) is 5.32 Å². The van der Waals surface area contributed by atoms with E-state index in [1.807, 2.05) is 13.8 Å². The average Bonchev–Trinajstić information content (AvgIpc) is 2.68. The average molecular weight is 408 g/mol. The van der Waals surface area contributed by atoms with Crippen LogP contribution in [0.5, 0.6) is 0 Å². The van der Waals surface area contributed by atoms with E-state index in [4.69, 9.17) is 22.8 Å². The van der Waals surface area contributed by atoms with Crippen LogP contribution < -0.4 is 5.32 Å². The van der Waals surface area contributed by atoms with Gasteiger partial charge in [0.1, 0.15) is 6.04 Å². The molecule has 0 aliphatic heterocycles. The minimum Gasteiger partial charge on any atom is -0.466 e. The predicted octanol–water partition coefficient (Wildman–Crippen LogP) is 2.29. The number of carbonyl (C=O) groups excluding carboxylic acids is 2. The Morgan fingerprint density at radius 1 is 0.889 bits per heavy atom. The highest BCUT2D eigenvalue weighted by Gasteiger charge is 2.37. The Labute approximate surface area is 164 Å². The van der Waals surface area contributed by atoms with Crippen LogP contribution in [0.1, 0.15) is 52.4 Å². The third-order valence-electron chi connectivity index (χ3n) is 4.14. The number of carbonyl (C=O) groups is 2. The molecule has 8 nitrogen and oxygen atoms in total. The molecule has 0 aromatic carbocycles. The summed E-state index contributed by atoms with van der Waals surface area (Å²) in [6.07, 6.45) is 4.10. The van der Waals surface area contributed by atoms with Gasteiger partial charge in [-0.3, -0.25) is 9.59 Å². The van der Waals surface area contributed by atoms with Gasteiger partial charge in [-0.25, -0.2) is 0 Å². The number of nitrogens with one attached hydrogen (secondary N) is 1.